The molecule has 0 N–H and O–H groups in total. The van der Waals surface area contributed by atoms with Gasteiger partial charge in [-0.05, 0) is 17.7 Å². The molecule has 0 saturated carbocycles. The van der Waals surface area contributed by atoms with Gasteiger partial charge in [0, 0.05) is 32.7 Å². The summed E-state index contributed by atoms with van der Waals surface area (Å²) < 4.78 is 5.11. The standard InChI is InChI=1S/C12H14NO.C2H6.Y/c1-14-12-6-4-10(5-7-12)11-3-2-8-13-9-11;1-2;/h3-7H,2,8-9H2,1H3;1-2H3;/q-1;;. The molecule has 0 bridgehead atoms. The van der Waals surface area contributed by atoms with Crippen molar-refractivity contribution in [3.05, 3.63) is 41.2 Å². The molecule has 91 valence electrons. The van der Waals surface area contributed by atoms with Crippen molar-refractivity contribution in [1.29, 1.82) is 0 Å². The molecule has 1 heterocycles. The van der Waals surface area contributed by atoms with Crippen LogP contribution in [0.1, 0.15) is 25.8 Å². The van der Waals surface area contributed by atoms with Crippen LogP contribution in [0.2, 0.25) is 0 Å². The summed E-state index contributed by atoms with van der Waals surface area (Å²) in [5, 5.41) is 4.38. The Bertz CT molecular complexity index is 333. The molecule has 0 aliphatic carbocycles. The largest absolute Gasteiger partial charge is 0.658 e. The van der Waals surface area contributed by atoms with Crippen LogP contribution in [0.25, 0.3) is 10.9 Å². The van der Waals surface area contributed by atoms with Gasteiger partial charge in [0.2, 0.25) is 0 Å². The minimum absolute atomic E-state index is 0. The fourth-order valence-electron chi connectivity index (χ4n) is 1.61. The molecular weight excluding hydrogens is 287 g/mol. The fourth-order valence-corrected chi connectivity index (χ4v) is 1.61. The molecule has 0 amide bonds. The summed E-state index contributed by atoms with van der Waals surface area (Å²) in [7, 11) is 1.68. The van der Waals surface area contributed by atoms with Gasteiger partial charge in [0.25, 0.3) is 0 Å². The molecule has 0 fully saturated rings. The third kappa shape index (κ3) is 5.33. The predicted molar refractivity (Wildman–Crippen MR) is 70.0 cm³/mol. The number of benzene rings is 1. The van der Waals surface area contributed by atoms with E-state index in [2.05, 4.69) is 23.5 Å². The summed E-state index contributed by atoms with van der Waals surface area (Å²) in [4.78, 5) is 0. The first-order chi connectivity index (χ1) is 7.90. The maximum absolute atomic E-state index is 5.11. The molecule has 1 aliphatic rings. The van der Waals surface area contributed by atoms with E-state index in [9.17, 15) is 0 Å². The monoisotopic (exact) mass is 307 g/mol. The third-order valence-corrected chi connectivity index (χ3v) is 2.42. The van der Waals surface area contributed by atoms with Crippen LogP contribution in [0.3, 0.4) is 0 Å². The second-order valence-corrected chi connectivity index (χ2v) is 3.35. The van der Waals surface area contributed by atoms with E-state index in [-0.39, 0.29) is 32.7 Å². The van der Waals surface area contributed by atoms with Gasteiger partial charge in [-0.3, -0.25) is 0 Å². The van der Waals surface area contributed by atoms with E-state index in [1.807, 2.05) is 26.0 Å². The molecule has 3 heteroatoms. The van der Waals surface area contributed by atoms with Gasteiger partial charge in [-0.2, -0.15) is 0 Å². The van der Waals surface area contributed by atoms with Crippen LogP contribution in [0.4, 0.5) is 0 Å². The predicted octanol–water partition coefficient (Wildman–Crippen LogP) is 3.88. The minimum Gasteiger partial charge on any atom is -0.658 e. The molecule has 1 radical (unpaired) electrons. The summed E-state index contributed by atoms with van der Waals surface area (Å²) in [6, 6.07) is 8.16. The zero-order chi connectivity index (χ0) is 11.8. The Balaban J connectivity index is 0.000000811. The number of hydrogen-bond acceptors (Lipinski definition) is 1. The van der Waals surface area contributed by atoms with Crippen molar-refractivity contribution < 1.29 is 37.4 Å². The molecule has 0 saturated heterocycles. The molecule has 0 atom stereocenters. The number of ether oxygens (including phenoxy) is 1. The Hall–Kier alpha value is -0.176. The zero-order valence-corrected chi connectivity index (χ0v) is 13.8. The average Bonchev–Trinajstić information content (AvgIpc) is 2.42. The Labute approximate surface area is 130 Å². The van der Waals surface area contributed by atoms with Crippen molar-refractivity contribution in [2.75, 3.05) is 20.2 Å². The molecule has 0 spiro atoms. The molecule has 1 aromatic rings. The molecule has 1 aromatic carbocycles. The van der Waals surface area contributed by atoms with Gasteiger partial charge < -0.3 is 10.1 Å². The third-order valence-electron chi connectivity index (χ3n) is 2.42. The fraction of sp³-hybridized carbons (Fsp3) is 0.429. The van der Waals surface area contributed by atoms with Crippen molar-refractivity contribution in [1.82, 2.24) is 0 Å². The Morgan fingerprint density at radius 2 is 1.76 bits per heavy atom. The molecule has 0 aromatic heterocycles. The Morgan fingerprint density at radius 1 is 1.12 bits per heavy atom. The van der Waals surface area contributed by atoms with Gasteiger partial charge in [0.1, 0.15) is 5.75 Å². The van der Waals surface area contributed by atoms with Crippen molar-refractivity contribution in [3.8, 4) is 5.75 Å². The van der Waals surface area contributed by atoms with Crippen LogP contribution < -0.4 is 4.74 Å². The van der Waals surface area contributed by atoms with Gasteiger partial charge in [-0.25, -0.2) is 0 Å². The van der Waals surface area contributed by atoms with Crippen molar-refractivity contribution in [2.45, 2.75) is 20.3 Å². The van der Waals surface area contributed by atoms with Crippen molar-refractivity contribution >= 4 is 5.57 Å². The van der Waals surface area contributed by atoms with Crippen LogP contribution in [0, 0.1) is 0 Å². The first kappa shape index (κ1) is 16.8. The average molecular weight is 307 g/mol. The van der Waals surface area contributed by atoms with Crippen LogP contribution >= 0.6 is 0 Å². The number of hydrogen-bond donors (Lipinski definition) is 0. The SMILES string of the molecule is CC.COc1ccc(C2=CCC[N-]C2)cc1.[Y]. The molecule has 2 rings (SSSR count). The molecule has 17 heavy (non-hydrogen) atoms. The zero-order valence-electron chi connectivity index (χ0n) is 10.9. The summed E-state index contributed by atoms with van der Waals surface area (Å²) in [5.41, 5.74) is 2.59. The summed E-state index contributed by atoms with van der Waals surface area (Å²) in [6.07, 6.45) is 3.34. The summed E-state index contributed by atoms with van der Waals surface area (Å²) >= 11 is 0. The summed E-state index contributed by atoms with van der Waals surface area (Å²) in [5.74, 6) is 0.905. The smallest absolute Gasteiger partial charge is 0.118 e. The second kappa shape index (κ2) is 9.81. The topological polar surface area (TPSA) is 23.3 Å². The molecule has 1 aliphatic heterocycles. The van der Waals surface area contributed by atoms with E-state index in [0.717, 1.165) is 25.3 Å². The number of rotatable bonds is 2. The Kier molecular flexibility index (Phi) is 9.71. The van der Waals surface area contributed by atoms with Crippen molar-refractivity contribution in [2.24, 2.45) is 0 Å². The number of methoxy groups -OCH3 is 1. The quantitative estimate of drug-likeness (QED) is 0.813. The van der Waals surface area contributed by atoms with Crippen molar-refractivity contribution in [3.63, 3.8) is 0 Å². The maximum atomic E-state index is 5.11. The van der Waals surface area contributed by atoms with Gasteiger partial charge in [-0.15, -0.1) is 13.1 Å². The van der Waals surface area contributed by atoms with E-state index in [1.165, 1.54) is 11.1 Å². The minimum atomic E-state index is 0. The summed E-state index contributed by atoms with van der Waals surface area (Å²) in [6.45, 7) is 5.83. The van der Waals surface area contributed by atoms with E-state index >= 15 is 0 Å². The molecule has 2 nitrogen and oxygen atoms in total. The first-order valence-corrected chi connectivity index (χ1v) is 5.87. The molecular formula is C14H20NOY-. The van der Waals surface area contributed by atoms with Crippen LogP contribution in [0.5, 0.6) is 5.75 Å². The van der Waals surface area contributed by atoms with Crippen LogP contribution in [0.15, 0.2) is 30.3 Å². The van der Waals surface area contributed by atoms with E-state index in [1.54, 1.807) is 7.11 Å². The van der Waals surface area contributed by atoms with E-state index in [4.69, 9.17) is 4.74 Å². The van der Waals surface area contributed by atoms with E-state index in [0.29, 0.717) is 0 Å². The first-order valence-electron chi connectivity index (χ1n) is 5.87. The number of nitrogens with zero attached hydrogens (tertiary/aromatic N) is 1. The second-order valence-electron chi connectivity index (χ2n) is 3.35. The maximum Gasteiger partial charge on any atom is 0.118 e. The van der Waals surface area contributed by atoms with Gasteiger partial charge in [0.05, 0.1) is 7.11 Å². The van der Waals surface area contributed by atoms with Crippen LogP contribution in [-0.4, -0.2) is 20.2 Å². The normalized spacial score (nSPS) is 13.7. The molecule has 0 unspecified atom stereocenters. The van der Waals surface area contributed by atoms with E-state index < -0.39 is 0 Å². The van der Waals surface area contributed by atoms with Gasteiger partial charge in [0.15, 0.2) is 0 Å². The van der Waals surface area contributed by atoms with Gasteiger partial charge in [-0.1, -0.05) is 44.1 Å². The van der Waals surface area contributed by atoms with Gasteiger partial charge >= 0.3 is 0 Å². The van der Waals surface area contributed by atoms with Crippen LogP contribution in [-0.2, 0) is 32.7 Å². The Morgan fingerprint density at radius 3 is 2.24 bits per heavy atom.